The van der Waals surface area contributed by atoms with E-state index in [2.05, 4.69) is 68.8 Å². The third-order valence-corrected chi connectivity index (χ3v) is 4.71. The summed E-state index contributed by atoms with van der Waals surface area (Å²) in [7, 11) is 1.49. The van der Waals surface area contributed by atoms with Crippen molar-refractivity contribution in [2.24, 2.45) is 0 Å². The third kappa shape index (κ3) is 2.29. The van der Waals surface area contributed by atoms with E-state index < -0.39 is 0 Å². The molecule has 0 aliphatic carbocycles. The van der Waals surface area contributed by atoms with Gasteiger partial charge in [0.1, 0.15) is 0 Å². The number of hydrogen-bond donors (Lipinski definition) is 1. The van der Waals surface area contributed by atoms with Crippen molar-refractivity contribution >= 4 is 55.6 Å². The van der Waals surface area contributed by atoms with Crippen LogP contribution in [0.5, 0.6) is 6.01 Å². The minimum atomic E-state index is 0.0806. The molecule has 0 spiro atoms. The van der Waals surface area contributed by atoms with Gasteiger partial charge in [0.2, 0.25) is 11.2 Å². The van der Waals surface area contributed by atoms with Crippen LogP contribution < -0.4 is 10.1 Å². The van der Waals surface area contributed by atoms with E-state index in [9.17, 15) is 0 Å². The molecule has 0 amide bonds. The third-order valence-electron chi connectivity index (χ3n) is 4.55. The van der Waals surface area contributed by atoms with E-state index in [-0.39, 0.29) is 11.3 Å². The minimum Gasteiger partial charge on any atom is -0.467 e. The maximum Gasteiger partial charge on any atom is 0.322 e. The molecule has 0 bridgehead atoms. The Morgan fingerprint density at radius 1 is 0.808 bits per heavy atom. The summed E-state index contributed by atoms with van der Waals surface area (Å²) in [5.74, 6) is 0.344. The Morgan fingerprint density at radius 3 is 2.27 bits per heavy atom. The average molecular weight is 361 g/mol. The second-order valence-corrected chi connectivity index (χ2v) is 6.35. The number of aromatic nitrogens is 3. The fraction of sp³-hybridized carbons (Fsp3) is 0.0500. The first-order valence-corrected chi connectivity index (χ1v) is 8.50. The zero-order chi connectivity index (χ0) is 17.7. The molecule has 0 fully saturated rings. The van der Waals surface area contributed by atoms with E-state index in [0.29, 0.717) is 5.95 Å². The van der Waals surface area contributed by atoms with Gasteiger partial charge < -0.3 is 10.1 Å². The summed E-state index contributed by atoms with van der Waals surface area (Å²) in [4.78, 5) is 12.3. The largest absolute Gasteiger partial charge is 0.467 e. The van der Waals surface area contributed by atoms with Gasteiger partial charge in [0.25, 0.3) is 0 Å². The number of benzene rings is 4. The average Bonchev–Trinajstić information content (AvgIpc) is 2.66. The van der Waals surface area contributed by atoms with E-state index >= 15 is 0 Å². The summed E-state index contributed by atoms with van der Waals surface area (Å²) in [6.45, 7) is 0. The van der Waals surface area contributed by atoms with Gasteiger partial charge in [0, 0.05) is 11.1 Å². The van der Waals surface area contributed by atoms with Crippen LogP contribution in [0.25, 0.3) is 32.3 Å². The van der Waals surface area contributed by atoms with Crippen molar-refractivity contribution in [3.63, 3.8) is 0 Å². The van der Waals surface area contributed by atoms with Crippen molar-refractivity contribution in [1.82, 2.24) is 15.0 Å². The zero-order valence-corrected chi connectivity index (χ0v) is 14.6. The van der Waals surface area contributed by atoms with Gasteiger partial charge in [-0.1, -0.05) is 48.5 Å². The van der Waals surface area contributed by atoms with Crippen LogP contribution >= 0.6 is 11.6 Å². The first-order chi connectivity index (χ1) is 12.7. The van der Waals surface area contributed by atoms with E-state index in [1.54, 1.807) is 0 Å². The summed E-state index contributed by atoms with van der Waals surface area (Å²) in [5, 5.41) is 10.6. The SMILES string of the molecule is COc1nc(Cl)nc(Nc2ccc3ccc4cccc5ccc2c3c45)n1. The molecule has 126 valence electrons. The predicted octanol–water partition coefficient (Wildman–Crippen LogP) is 5.17. The molecule has 5 rings (SSSR count). The van der Waals surface area contributed by atoms with Crippen LogP contribution in [-0.4, -0.2) is 22.1 Å². The van der Waals surface area contributed by atoms with Gasteiger partial charge in [-0.3, -0.25) is 0 Å². The summed E-state index contributed by atoms with van der Waals surface area (Å²) < 4.78 is 5.07. The Bertz CT molecular complexity index is 1260. The molecule has 0 radical (unpaired) electrons. The van der Waals surface area contributed by atoms with Gasteiger partial charge in [-0.05, 0) is 44.6 Å². The van der Waals surface area contributed by atoms with Gasteiger partial charge in [0.05, 0.1) is 7.11 Å². The number of nitrogens with zero attached hydrogens (tertiary/aromatic N) is 3. The molecule has 1 N–H and O–H groups in total. The summed E-state index contributed by atoms with van der Waals surface area (Å²) in [6.07, 6.45) is 0. The second-order valence-electron chi connectivity index (χ2n) is 6.01. The Hall–Kier alpha value is -3.18. The zero-order valence-electron chi connectivity index (χ0n) is 13.8. The quantitative estimate of drug-likeness (QED) is 0.449. The van der Waals surface area contributed by atoms with Crippen molar-refractivity contribution in [2.75, 3.05) is 12.4 Å². The minimum absolute atomic E-state index is 0.0806. The normalized spacial score (nSPS) is 11.5. The molecular weight excluding hydrogens is 348 g/mol. The van der Waals surface area contributed by atoms with Gasteiger partial charge in [-0.25, -0.2) is 0 Å². The van der Waals surface area contributed by atoms with Crippen LogP contribution in [0, 0.1) is 0 Å². The van der Waals surface area contributed by atoms with Crippen LogP contribution in [0.15, 0.2) is 54.6 Å². The van der Waals surface area contributed by atoms with Crippen molar-refractivity contribution < 1.29 is 4.74 Å². The molecule has 4 aromatic carbocycles. The maximum atomic E-state index is 5.96. The Kier molecular flexibility index (Phi) is 3.30. The van der Waals surface area contributed by atoms with Gasteiger partial charge in [0.15, 0.2) is 0 Å². The number of anilines is 2. The van der Waals surface area contributed by atoms with E-state index in [1.807, 2.05) is 6.07 Å². The lowest BCUT2D eigenvalue weighted by molar-refractivity contribution is 0.379. The molecular formula is C20H13ClN4O. The van der Waals surface area contributed by atoms with Crippen molar-refractivity contribution in [3.8, 4) is 6.01 Å². The maximum absolute atomic E-state index is 5.96. The van der Waals surface area contributed by atoms with Gasteiger partial charge >= 0.3 is 6.01 Å². The number of nitrogens with one attached hydrogen (secondary N) is 1. The highest BCUT2D eigenvalue weighted by Crippen LogP contribution is 2.38. The van der Waals surface area contributed by atoms with Crippen LogP contribution in [0.1, 0.15) is 0 Å². The smallest absolute Gasteiger partial charge is 0.322 e. The highest BCUT2D eigenvalue weighted by molar-refractivity contribution is 6.28. The number of hydrogen-bond acceptors (Lipinski definition) is 5. The van der Waals surface area contributed by atoms with E-state index in [4.69, 9.17) is 16.3 Å². The first-order valence-electron chi connectivity index (χ1n) is 8.12. The number of ether oxygens (including phenoxy) is 1. The molecule has 1 heterocycles. The molecule has 0 saturated heterocycles. The van der Waals surface area contributed by atoms with E-state index in [1.165, 1.54) is 34.0 Å². The molecule has 26 heavy (non-hydrogen) atoms. The first kappa shape index (κ1) is 15.1. The molecule has 5 aromatic rings. The van der Waals surface area contributed by atoms with Crippen LogP contribution in [0.4, 0.5) is 11.6 Å². The van der Waals surface area contributed by atoms with Crippen LogP contribution in [0.3, 0.4) is 0 Å². The second kappa shape index (κ2) is 5.68. The lowest BCUT2D eigenvalue weighted by atomic mass is 9.93. The number of rotatable bonds is 3. The predicted molar refractivity (Wildman–Crippen MR) is 105 cm³/mol. The molecule has 0 unspecified atom stereocenters. The fourth-order valence-electron chi connectivity index (χ4n) is 3.44. The molecule has 6 heteroatoms. The number of halogens is 1. The standard InChI is InChI=1S/C20H13ClN4O/c1-26-20-24-18(21)23-19(25-20)22-15-10-8-13-6-5-11-3-2-4-12-7-9-14(15)17(13)16(11)12/h2-10H,1H3,(H,22,23,24,25). The lowest BCUT2D eigenvalue weighted by Crippen LogP contribution is -2.02. The van der Waals surface area contributed by atoms with Gasteiger partial charge in [-0.15, -0.1) is 0 Å². The summed E-state index contributed by atoms with van der Waals surface area (Å²) >= 11 is 5.96. The molecule has 0 aliphatic rings. The fourth-order valence-corrected chi connectivity index (χ4v) is 3.60. The molecule has 0 atom stereocenters. The van der Waals surface area contributed by atoms with Crippen molar-refractivity contribution in [3.05, 3.63) is 59.9 Å². The highest BCUT2D eigenvalue weighted by Gasteiger charge is 2.12. The van der Waals surface area contributed by atoms with Crippen molar-refractivity contribution in [1.29, 1.82) is 0 Å². The highest BCUT2D eigenvalue weighted by atomic mass is 35.5. The molecule has 5 nitrogen and oxygen atoms in total. The molecule has 1 aromatic heterocycles. The van der Waals surface area contributed by atoms with Crippen molar-refractivity contribution in [2.45, 2.75) is 0 Å². The summed E-state index contributed by atoms with van der Waals surface area (Å²) in [6, 6.07) is 19.2. The monoisotopic (exact) mass is 360 g/mol. The van der Waals surface area contributed by atoms with Crippen LogP contribution in [-0.2, 0) is 0 Å². The Balaban J connectivity index is 1.75. The van der Waals surface area contributed by atoms with Crippen LogP contribution in [0.2, 0.25) is 5.28 Å². The lowest BCUT2D eigenvalue weighted by Gasteiger charge is -2.14. The summed E-state index contributed by atoms with van der Waals surface area (Å²) in [5.41, 5.74) is 0.903. The Labute approximate surface area is 154 Å². The Morgan fingerprint density at radius 2 is 1.50 bits per heavy atom. The molecule has 0 aliphatic heterocycles. The van der Waals surface area contributed by atoms with E-state index in [0.717, 1.165) is 11.1 Å². The topological polar surface area (TPSA) is 59.9 Å². The van der Waals surface area contributed by atoms with Gasteiger partial charge in [-0.2, -0.15) is 15.0 Å². The number of methoxy groups -OCH3 is 1. The molecule has 0 saturated carbocycles.